The van der Waals surface area contributed by atoms with Crippen molar-refractivity contribution in [2.45, 2.75) is 12.8 Å². The first kappa shape index (κ1) is 10.7. The van der Waals surface area contributed by atoms with Gasteiger partial charge in [0.15, 0.2) is 0 Å². The summed E-state index contributed by atoms with van der Waals surface area (Å²) in [6.45, 7) is 1.70. The highest BCUT2D eigenvalue weighted by atomic mass is 79.9. The molecule has 0 saturated carbocycles. The third kappa shape index (κ3) is 2.30. The molecule has 0 saturated heterocycles. The second kappa shape index (κ2) is 4.20. The number of nitriles is 1. The Morgan fingerprint density at radius 3 is 2.71 bits per heavy atom. The van der Waals surface area contributed by atoms with E-state index in [1.54, 1.807) is 13.0 Å². The van der Waals surface area contributed by atoms with E-state index < -0.39 is 4.92 Å². The summed E-state index contributed by atoms with van der Waals surface area (Å²) in [5, 5.41) is 19.2. The first-order chi connectivity index (χ1) is 6.54. The highest BCUT2D eigenvalue weighted by Gasteiger charge is 2.12. The SMILES string of the molecule is CC(C#N)c1cc(Br)cc([N+](=O)[O-])c1. The Morgan fingerprint density at radius 1 is 1.57 bits per heavy atom. The molecule has 1 rings (SSSR count). The zero-order valence-corrected chi connectivity index (χ0v) is 8.98. The quantitative estimate of drug-likeness (QED) is 0.602. The highest BCUT2D eigenvalue weighted by Crippen LogP contribution is 2.25. The van der Waals surface area contributed by atoms with Gasteiger partial charge in [0, 0.05) is 16.6 Å². The molecule has 0 spiro atoms. The maximum absolute atomic E-state index is 10.5. The Labute approximate surface area is 89.4 Å². The molecule has 0 aromatic heterocycles. The number of non-ortho nitro benzene ring substituents is 1. The fraction of sp³-hybridized carbons (Fsp3) is 0.222. The lowest BCUT2D eigenvalue weighted by molar-refractivity contribution is -0.385. The molecule has 0 amide bonds. The van der Waals surface area contributed by atoms with Crippen LogP contribution in [0.5, 0.6) is 0 Å². The van der Waals surface area contributed by atoms with Crippen LogP contribution >= 0.6 is 15.9 Å². The molecule has 0 aliphatic heterocycles. The molecule has 4 nitrogen and oxygen atoms in total. The molecule has 1 atom stereocenters. The first-order valence-corrected chi connectivity index (χ1v) is 4.68. The third-order valence-corrected chi connectivity index (χ3v) is 2.27. The summed E-state index contributed by atoms with van der Waals surface area (Å²) >= 11 is 3.16. The van der Waals surface area contributed by atoms with Crippen molar-refractivity contribution in [1.29, 1.82) is 5.26 Å². The lowest BCUT2D eigenvalue weighted by atomic mass is 10.0. The van der Waals surface area contributed by atoms with E-state index in [1.165, 1.54) is 12.1 Å². The van der Waals surface area contributed by atoms with E-state index in [1.807, 2.05) is 6.07 Å². The van der Waals surface area contributed by atoms with Crippen molar-refractivity contribution < 1.29 is 4.92 Å². The Hall–Kier alpha value is -1.41. The van der Waals surface area contributed by atoms with Gasteiger partial charge < -0.3 is 0 Å². The van der Waals surface area contributed by atoms with Crippen molar-refractivity contribution in [3.8, 4) is 6.07 Å². The fourth-order valence-corrected chi connectivity index (χ4v) is 1.53. The summed E-state index contributed by atoms with van der Waals surface area (Å²) in [6, 6.07) is 6.57. The predicted molar refractivity (Wildman–Crippen MR) is 54.8 cm³/mol. The first-order valence-electron chi connectivity index (χ1n) is 3.89. The average Bonchev–Trinajstić information content (AvgIpc) is 2.15. The monoisotopic (exact) mass is 254 g/mol. The molecule has 1 aromatic rings. The van der Waals surface area contributed by atoms with Crippen LogP contribution in [0.4, 0.5) is 5.69 Å². The van der Waals surface area contributed by atoms with E-state index >= 15 is 0 Å². The van der Waals surface area contributed by atoms with Crippen LogP contribution in [0.1, 0.15) is 18.4 Å². The smallest absolute Gasteiger partial charge is 0.258 e. The number of nitrogens with zero attached hydrogens (tertiary/aromatic N) is 2. The number of nitro groups is 1. The van der Waals surface area contributed by atoms with Gasteiger partial charge in [0.2, 0.25) is 0 Å². The molecule has 72 valence electrons. The van der Waals surface area contributed by atoms with Crippen LogP contribution in [-0.4, -0.2) is 4.92 Å². The summed E-state index contributed by atoms with van der Waals surface area (Å²) in [5.41, 5.74) is 0.644. The van der Waals surface area contributed by atoms with Crippen molar-refractivity contribution in [1.82, 2.24) is 0 Å². The van der Waals surface area contributed by atoms with E-state index in [2.05, 4.69) is 15.9 Å². The highest BCUT2D eigenvalue weighted by molar-refractivity contribution is 9.10. The van der Waals surface area contributed by atoms with E-state index in [-0.39, 0.29) is 11.6 Å². The normalized spacial score (nSPS) is 11.8. The van der Waals surface area contributed by atoms with Crippen LogP contribution in [0.25, 0.3) is 0 Å². The molecule has 5 heteroatoms. The van der Waals surface area contributed by atoms with Crippen LogP contribution in [0.15, 0.2) is 22.7 Å². The van der Waals surface area contributed by atoms with Crippen LogP contribution in [0, 0.1) is 21.4 Å². The lowest BCUT2D eigenvalue weighted by Gasteiger charge is -2.03. The number of hydrogen-bond acceptors (Lipinski definition) is 3. The van der Waals surface area contributed by atoms with E-state index in [0.29, 0.717) is 10.0 Å². The second-order valence-electron chi connectivity index (χ2n) is 2.85. The van der Waals surface area contributed by atoms with Crippen molar-refractivity contribution in [3.63, 3.8) is 0 Å². The number of halogens is 1. The molecular formula is C9H7BrN2O2. The van der Waals surface area contributed by atoms with Crippen molar-refractivity contribution in [2.75, 3.05) is 0 Å². The van der Waals surface area contributed by atoms with Crippen molar-refractivity contribution in [3.05, 3.63) is 38.3 Å². The molecule has 0 bridgehead atoms. The largest absolute Gasteiger partial charge is 0.270 e. The molecule has 0 N–H and O–H groups in total. The van der Waals surface area contributed by atoms with Gasteiger partial charge in [-0.05, 0) is 18.6 Å². The summed E-state index contributed by atoms with van der Waals surface area (Å²) in [6.07, 6.45) is 0. The zero-order chi connectivity index (χ0) is 10.7. The molecular weight excluding hydrogens is 248 g/mol. The zero-order valence-electron chi connectivity index (χ0n) is 7.40. The summed E-state index contributed by atoms with van der Waals surface area (Å²) in [7, 11) is 0. The maximum Gasteiger partial charge on any atom is 0.270 e. The number of nitro benzene ring substituents is 1. The van der Waals surface area contributed by atoms with Crippen LogP contribution in [0.2, 0.25) is 0 Å². The predicted octanol–water partition coefficient (Wildman–Crippen LogP) is 2.98. The van der Waals surface area contributed by atoms with Crippen LogP contribution < -0.4 is 0 Å². The van der Waals surface area contributed by atoms with Crippen LogP contribution in [0.3, 0.4) is 0 Å². The lowest BCUT2D eigenvalue weighted by Crippen LogP contribution is -1.93. The van der Waals surface area contributed by atoms with Gasteiger partial charge in [-0.15, -0.1) is 0 Å². The van der Waals surface area contributed by atoms with Gasteiger partial charge >= 0.3 is 0 Å². The van der Waals surface area contributed by atoms with E-state index in [0.717, 1.165) is 0 Å². The Bertz CT molecular complexity index is 412. The number of benzene rings is 1. The molecule has 0 heterocycles. The summed E-state index contributed by atoms with van der Waals surface area (Å²) in [5.74, 6) is -0.341. The molecule has 0 aliphatic carbocycles. The van der Waals surface area contributed by atoms with Crippen molar-refractivity contribution >= 4 is 21.6 Å². The second-order valence-corrected chi connectivity index (χ2v) is 3.77. The van der Waals surface area contributed by atoms with Gasteiger partial charge in [-0.3, -0.25) is 10.1 Å². The summed E-state index contributed by atoms with van der Waals surface area (Å²) in [4.78, 5) is 10.0. The fourth-order valence-electron chi connectivity index (χ4n) is 1.03. The molecule has 14 heavy (non-hydrogen) atoms. The van der Waals surface area contributed by atoms with Gasteiger partial charge in [-0.2, -0.15) is 5.26 Å². The minimum absolute atomic E-state index is 0.00326. The summed E-state index contributed by atoms with van der Waals surface area (Å²) < 4.78 is 0.615. The Morgan fingerprint density at radius 2 is 2.21 bits per heavy atom. The van der Waals surface area contributed by atoms with Gasteiger partial charge in [-0.1, -0.05) is 15.9 Å². The van der Waals surface area contributed by atoms with E-state index in [9.17, 15) is 10.1 Å². The average molecular weight is 255 g/mol. The molecule has 1 unspecified atom stereocenters. The van der Waals surface area contributed by atoms with Gasteiger partial charge in [0.1, 0.15) is 0 Å². The molecule has 1 aromatic carbocycles. The Kier molecular flexibility index (Phi) is 3.20. The molecule has 0 fully saturated rings. The van der Waals surface area contributed by atoms with Gasteiger partial charge in [0.25, 0.3) is 5.69 Å². The Balaban J connectivity index is 3.21. The van der Waals surface area contributed by atoms with E-state index in [4.69, 9.17) is 5.26 Å². The minimum Gasteiger partial charge on any atom is -0.258 e. The maximum atomic E-state index is 10.5. The van der Waals surface area contributed by atoms with Crippen molar-refractivity contribution in [2.24, 2.45) is 0 Å². The van der Waals surface area contributed by atoms with Gasteiger partial charge in [0.05, 0.1) is 16.9 Å². The third-order valence-electron chi connectivity index (χ3n) is 1.81. The van der Waals surface area contributed by atoms with Crippen LogP contribution in [-0.2, 0) is 0 Å². The van der Waals surface area contributed by atoms with Gasteiger partial charge in [-0.25, -0.2) is 0 Å². The molecule has 0 aliphatic rings. The standard InChI is InChI=1S/C9H7BrN2O2/c1-6(5-11)7-2-8(10)4-9(3-7)12(13)14/h2-4,6H,1H3. The minimum atomic E-state index is -0.474. The number of rotatable bonds is 2. The number of hydrogen-bond donors (Lipinski definition) is 0. The topological polar surface area (TPSA) is 66.9 Å². The molecule has 0 radical (unpaired) electrons.